The summed E-state index contributed by atoms with van der Waals surface area (Å²) in [7, 11) is 0. The highest BCUT2D eigenvalue weighted by Gasteiger charge is 2.38. The number of hydrogen-bond donors (Lipinski definition) is 1. The van der Waals surface area contributed by atoms with Crippen molar-refractivity contribution in [3.63, 3.8) is 0 Å². The van der Waals surface area contributed by atoms with Gasteiger partial charge in [0, 0.05) is 24.7 Å². The van der Waals surface area contributed by atoms with E-state index in [0.717, 1.165) is 36.4 Å². The van der Waals surface area contributed by atoms with E-state index in [2.05, 4.69) is 17.2 Å². The van der Waals surface area contributed by atoms with Gasteiger partial charge in [-0.1, -0.05) is 26.2 Å². The van der Waals surface area contributed by atoms with Gasteiger partial charge in [-0.3, -0.25) is 0 Å². The van der Waals surface area contributed by atoms with Gasteiger partial charge < -0.3 is 10.2 Å². The standard InChI is InChI=1S/C14H21N3OS/c1-2-12(13-15-6-7-19-13)16-14(18)17-8-11(9-17)10-4-3-5-10/h6-7,10-12H,2-5,8-9H2,1H3,(H,16,18). The normalized spacial score (nSPS) is 21.6. The Morgan fingerprint density at radius 3 is 2.84 bits per heavy atom. The number of rotatable bonds is 4. The number of nitrogens with one attached hydrogen (secondary N) is 1. The number of carbonyl (C=O) groups excluding carboxylic acids is 1. The summed E-state index contributed by atoms with van der Waals surface area (Å²) in [5.41, 5.74) is 0. The smallest absolute Gasteiger partial charge is 0.317 e. The van der Waals surface area contributed by atoms with Crippen molar-refractivity contribution < 1.29 is 4.79 Å². The zero-order valence-corrected chi connectivity index (χ0v) is 12.2. The van der Waals surface area contributed by atoms with Crippen LogP contribution in [0.1, 0.15) is 43.7 Å². The van der Waals surface area contributed by atoms with Gasteiger partial charge >= 0.3 is 6.03 Å². The second-order valence-corrected chi connectivity index (χ2v) is 6.56. The maximum absolute atomic E-state index is 12.2. The van der Waals surface area contributed by atoms with Crippen molar-refractivity contribution in [3.05, 3.63) is 16.6 Å². The van der Waals surface area contributed by atoms with Crippen LogP contribution in [-0.4, -0.2) is 29.0 Å². The van der Waals surface area contributed by atoms with Crippen molar-refractivity contribution in [2.75, 3.05) is 13.1 Å². The average molecular weight is 279 g/mol. The molecule has 1 aromatic heterocycles. The van der Waals surface area contributed by atoms with Crippen LogP contribution < -0.4 is 5.32 Å². The molecule has 0 aromatic carbocycles. The third-order valence-corrected chi connectivity index (χ3v) is 5.36. The molecule has 3 rings (SSSR count). The van der Waals surface area contributed by atoms with Crippen molar-refractivity contribution in [2.24, 2.45) is 11.8 Å². The van der Waals surface area contributed by atoms with Gasteiger partial charge in [-0.2, -0.15) is 0 Å². The van der Waals surface area contributed by atoms with Gasteiger partial charge in [-0.05, 0) is 18.3 Å². The maximum atomic E-state index is 12.2. The van der Waals surface area contributed by atoms with Crippen LogP contribution in [0.4, 0.5) is 4.79 Å². The van der Waals surface area contributed by atoms with Crippen LogP contribution in [0.3, 0.4) is 0 Å². The van der Waals surface area contributed by atoms with Crippen LogP contribution in [0.2, 0.25) is 0 Å². The van der Waals surface area contributed by atoms with Crippen LogP contribution in [0.5, 0.6) is 0 Å². The van der Waals surface area contributed by atoms with Crippen LogP contribution in [0.15, 0.2) is 11.6 Å². The van der Waals surface area contributed by atoms with E-state index < -0.39 is 0 Å². The van der Waals surface area contributed by atoms with E-state index in [9.17, 15) is 4.79 Å². The van der Waals surface area contributed by atoms with E-state index in [1.807, 2.05) is 10.3 Å². The van der Waals surface area contributed by atoms with Gasteiger partial charge in [0.25, 0.3) is 0 Å². The molecule has 1 aromatic rings. The summed E-state index contributed by atoms with van der Waals surface area (Å²) >= 11 is 1.61. The number of amides is 2. The first-order valence-corrected chi connectivity index (χ1v) is 8.10. The average Bonchev–Trinajstić information content (AvgIpc) is 2.80. The van der Waals surface area contributed by atoms with Crippen LogP contribution in [0.25, 0.3) is 0 Å². The molecule has 1 N–H and O–H groups in total. The van der Waals surface area contributed by atoms with Crippen molar-refractivity contribution in [1.29, 1.82) is 0 Å². The molecule has 4 nitrogen and oxygen atoms in total. The summed E-state index contributed by atoms with van der Waals surface area (Å²) < 4.78 is 0. The third kappa shape index (κ3) is 2.61. The second-order valence-electron chi connectivity index (χ2n) is 5.64. The Morgan fingerprint density at radius 1 is 1.53 bits per heavy atom. The number of urea groups is 1. The number of carbonyl (C=O) groups is 1. The fourth-order valence-corrected chi connectivity index (χ4v) is 3.65. The Kier molecular flexibility index (Phi) is 3.73. The number of thiazole rings is 1. The Morgan fingerprint density at radius 2 is 2.32 bits per heavy atom. The SMILES string of the molecule is CCC(NC(=O)N1CC(C2CCC2)C1)c1nccs1. The minimum absolute atomic E-state index is 0.0650. The highest BCUT2D eigenvalue weighted by molar-refractivity contribution is 7.09. The van der Waals surface area contributed by atoms with Crippen molar-refractivity contribution >= 4 is 17.4 Å². The molecule has 1 saturated carbocycles. The Balaban J connectivity index is 1.48. The molecule has 1 aliphatic heterocycles. The highest BCUT2D eigenvalue weighted by atomic mass is 32.1. The molecule has 0 radical (unpaired) electrons. The zero-order chi connectivity index (χ0) is 13.2. The summed E-state index contributed by atoms with van der Waals surface area (Å²) in [6, 6.07) is 0.146. The number of hydrogen-bond acceptors (Lipinski definition) is 3. The van der Waals surface area contributed by atoms with Crippen LogP contribution in [-0.2, 0) is 0 Å². The molecule has 2 amide bonds. The molecular weight excluding hydrogens is 258 g/mol. The van der Waals surface area contributed by atoms with Gasteiger partial charge in [-0.25, -0.2) is 9.78 Å². The summed E-state index contributed by atoms with van der Waals surface area (Å²) in [6.07, 6.45) is 6.81. The molecule has 1 unspecified atom stereocenters. The highest BCUT2D eigenvalue weighted by Crippen LogP contribution is 2.38. The Bertz CT molecular complexity index is 424. The lowest BCUT2D eigenvalue weighted by Crippen LogP contribution is -2.57. The molecule has 0 spiro atoms. The summed E-state index contributed by atoms with van der Waals surface area (Å²) in [4.78, 5) is 18.4. The molecular formula is C14H21N3OS. The molecule has 2 heterocycles. The number of nitrogens with zero attached hydrogens (tertiary/aromatic N) is 2. The lowest BCUT2D eigenvalue weighted by atomic mass is 9.73. The molecule has 19 heavy (non-hydrogen) atoms. The molecule has 1 atom stereocenters. The van der Waals surface area contributed by atoms with E-state index >= 15 is 0 Å². The third-order valence-electron chi connectivity index (χ3n) is 4.47. The quantitative estimate of drug-likeness (QED) is 0.920. The summed E-state index contributed by atoms with van der Waals surface area (Å²) in [6.45, 7) is 3.98. The van der Waals surface area contributed by atoms with E-state index in [4.69, 9.17) is 0 Å². The van der Waals surface area contributed by atoms with Gasteiger partial charge in [0.15, 0.2) is 0 Å². The Hall–Kier alpha value is -1.10. The van der Waals surface area contributed by atoms with Gasteiger partial charge in [-0.15, -0.1) is 11.3 Å². The molecule has 0 bridgehead atoms. The maximum Gasteiger partial charge on any atom is 0.317 e. The molecule has 2 aliphatic rings. The van der Waals surface area contributed by atoms with Crippen molar-refractivity contribution in [1.82, 2.24) is 15.2 Å². The second kappa shape index (κ2) is 5.49. The van der Waals surface area contributed by atoms with E-state index in [1.165, 1.54) is 19.3 Å². The number of likely N-dealkylation sites (tertiary alicyclic amines) is 1. The number of aromatic nitrogens is 1. The minimum atomic E-state index is 0.0650. The molecule has 104 valence electrons. The van der Waals surface area contributed by atoms with E-state index in [0.29, 0.717) is 0 Å². The fourth-order valence-electron chi connectivity index (χ4n) is 2.87. The predicted octanol–water partition coefficient (Wildman–Crippen LogP) is 3.04. The van der Waals surface area contributed by atoms with E-state index in [1.54, 1.807) is 17.5 Å². The fraction of sp³-hybridized carbons (Fsp3) is 0.714. The van der Waals surface area contributed by atoms with Gasteiger partial charge in [0.05, 0.1) is 6.04 Å². The zero-order valence-electron chi connectivity index (χ0n) is 11.3. The van der Waals surface area contributed by atoms with Gasteiger partial charge in [0.1, 0.15) is 5.01 Å². The monoisotopic (exact) mass is 279 g/mol. The van der Waals surface area contributed by atoms with Gasteiger partial charge in [0.2, 0.25) is 0 Å². The minimum Gasteiger partial charge on any atom is -0.329 e. The molecule has 2 fully saturated rings. The largest absolute Gasteiger partial charge is 0.329 e. The van der Waals surface area contributed by atoms with Crippen LogP contribution in [0, 0.1) is 11.8 Å². The predicted molar refractivity (Wildman–Crippen MR) is 76.1 cm³/mol. The Labute approximate surface area is 118 Å². The summed E-state index contributed by atoms with van der Waals surface area (Å²) in [5.74, 6) is 1.66. The lowest BCUT2D eigenvalue weighted by Gasteiger charge is -2.46. The van der Waals surface area contributed by atoms with Crippen molar-refractivity contribution in [3.8, 4) is 0 Å². The first kappa shape index (κ1) is 12.9. The lowest BCUT2D eigenvalue weighted by molar-refractivity contribution is 0.0506. The van der Waals surface area contributed by atoms with Crippen LogP contribution >= 0.6 is 11.3 Å². The van der Waals surface area contributed by atoms with Crippen molar-refractivity contribution in [2.45, 2.75) is 38.6 Å². The molecule has 1 saturated heterocycles. The molecule has 5 heteroatoms. The molecule has 1 aliphatic carbocycles. The first-order valence-electron chi connectivity index (χ1n) is 7.22. The summed E-state index contributed by atoms with van der Waals surface area (Å²) in [5, 5.41) is 6.07. The topological polar surface area (TPSA) is 45.2 Å². The first-order chi connectivity index (χ1) is 9.28. The van der Waals surface area contributed by atoms with E-state index in [-0.39, 0.29) is 12.1 Å².